The Labute approximate surface area is 182 Å². The summed E-state index contributed by atoms with van der Waals surface area (Å²) in [5.41, 5.74) is 6.05. The van der Waals surface area contributed by atoms with E-state index in [1.165, 1.54) is 30.5 Å². The summed E-state index contributed by atoms with van der Waals surface area (Å²) in [5, 5.41) is 0. The molecule has 4 heterocycles. The summed E-state index contributed by atoms with van der Waals surface area (Å²) in [7, 11) is 1.60. The fourth-order valence-corrected chi connectivity index (χ4v) is 3.99. The highest BCUT2D eigenvalue weighted by Gasteiger charge is 2.48. The fourth-order valence-electron chi connectivity index (χ4n) is 3.99. The molecule has 1 atom stereocenters. The van der Waals surface area contributed by atoms with Crippen molar-refractivity contribution in [2.24, 2.45) is 10.7 Å². The SMILES string of the molecule is COC(C)(C)c1cnc2c(c1)C1(COC(N)=N1)c1cc(-c3cccnc3F)c(F)cc1O2. The van der Waals surface area contributed by atoms with Crippen LogP contribution in [0.15, 0.2) is 47.7 Å². The number of benzene rings is 1. The average Bonchev–Trinajstić information content (AvgIpc) is 3.16. The molecule has 1 unspecified atom stereocenters. The first-order valence-electron chi connectivity index (χ1n) is 9.92. The zero-order valence-corrected chi connectivity index (χ0v) is 17.6. The second-order valence-corrected chi connectivity index (χ2v) is 8.16. The molecule has 5 rings (SSSR count). The highest BCUT2D eigenvalue weighted by Crippen LogP contribution is 2.52. The number of halogens is 2. The minimum Gasteiger partial charge on any atom is -0.462 e. The second kappa shape index (κ2) is 6.96. The zero-order valence-electron chi connectivity index (χ0n) is 17.6. The third kappa shape index (κ3) is 2.92. The van der Waals surface area contributed by atoms with Crippen molar-refractivity contribution in [2.45, 2.75) is 25.0 Å². The number of nitrogens with two attached hydrogens (primary N) is 1. The number of amidine groups is 1. The van der Waals surface area contributed by atoms with Crippen LogP contribution in [0.5, 0.6) is 11.6 Å². The van der Waals surface area contributed by atoms with Gasteiger partial charge in [0.2, 0.25) is 11.8 Å². The van der Waals surface area contributed by atoms with Crippen molar-refractivity contribution in [1.82, 2.24) is 9.97 Å². The lowest BCUT2D eigenvalue weighted by Crippen LogP contribution is -2.32. The third-order valence-corrected chi connectivity index (χ3v) is 6.00. The molecule has 1 spiro atoms. The van der Waals surface area contributed by atoms with E-state index < -0.39 is 22.9 Å². The van der Waals surface area contributed by atoms with Gasteiger partial charge in [-0.05, 0) is 38.1 Å². The molecule has 9 heteroatoms. The first-order chi connectivity index (χ1) is 15.2. The van der Waals surface area contributed by atoms with E-state index in [1.54, 1.807) is 13.3 Å². The van der Waals surface area contributed by atoms with Crippen LogP contribution in [0.25, 0.3) is 11.1 Å². The topological polar surface area (TPSA) is 91.9 Å². The number of hydrogen-bond donors (Lipinski definition) is 1. The van der Waals surface area contributed by atoms with Gasteiger partial charge in [-0.3, -0.25) is 0 Å². The first-order valence-corrected chi connectivity index (χ1v) is 9.92. The Bertz CT molecular complexity index is 1280. The molecule has 3 aromatic rings. The predicted molar refractivity (Wildman–Crippen MR) is 112 cm³/mol. The molecule has 32 heavy (non-hydrogen) atoms. The Kier molecular flexibility index (Phi) is 4.42. The van der Waals surface area contributed by atoms with E-state index >= 15 is 4.39 Å². The molecule has 1 aromatic carbocycles. The molecule has 0 radical (unpaired) electrons. The molecule has 0 saturated carbocycles. The summed E-state index contributed by atoms with van der Waals surface area (Å²) in [4.78, 5) is 12.7. The van der Waals surface area contributed by atoms with E-state index in [0.29, 0.717) is 11.1 Å². The van der Waals surface area contributed by atoms with Gasteiger partial charge in [-0.25, -0.2) is 19.4 Å². The Hall–Kier alpha value is -3.59. The van der Waals surface area contributed by atoms with Gasteiger partial charge in [-0.2, -0.15) is 4.39 Å². The lowest BCUT2D eigenvalue weighted by molar-refractivity contribution is 0.0187. The van der Waals surface area contributed by atoms with Gasteiger partial charge in [0, 0.05) is 47.8 Å². The molecule has 0 amide bonds. The summed E-state index contributed by atoms with van der Waals surface area (Å²) < 4.78 is 46.5. The first kappa shape index (κ1) is 20.3. The van der Waals surface area contributed by atoms with Crippen molar-refractivity contribution in [2.75, 3.05) is 13.7 Å². The van der Waals surface area contributed by atoms with Gasteiger partial charge < -0.3 is 19.9 Å². The molecule has 2 aliphatic heterocycles. The monoisotopic (exact) mass is 438 g/mol. The summed E-state index contributed by atoms with van der Waals surface area (Å²) in [5.74, 6) is -0.984. The molecule has 2 aliphatic rings. The van der Waals surface area contributed by atoms with Crippen molar-refractivity contribution in [1.29, 1.82) is 0 Å². The van der Waals surface area contributed by atoms with Gasteiger partial charge in [0.25, 0.3) is 6.02 Å². The van der Waals surface area contributed by atoms with Crippen LogP contribution in [0.4, 0.5) is 8.78 Å². The van der Waals surface area contributed by atoms with Crippen molar-refractivity contribution in [3.63, 3.8) is 0 Å². The lowest BCUT2D eigenvalue weighted by Gasteiger charge is -2.34. The summed E-state index contributed by atoms with van der Waals surface area (Å²) in [6, 6.07) is 7.55. The quantitative estimate of drug-likeness (QED) is 0.622. The highest BCUT2D eigenvalue weighted by atomic mass is 19.1. The number of aromatic nitrogens is 2. The molecule has 2 aromatic heterocycles. The summed E-state index contributed by atoms with van der Waals surface area (Å²) >= 11 is 0. The Balaban J connectivity index is 1.76. The molecular weight excluding hydrogens is 418 g/mol. The van der Waals surface area contributed by atoms with E-state index in [-0.39, 0.29) is 35.4 Å². The minimum absolute atomic E-state index is 0.0151. The molecule has 0 saturated heterocycles. The van der Waals surface area contributed by atoms with Crippen LogP contribution in [0.3, 0.4) is 0 Å². The van der Waals surface area contributed by atoms with Crippen LogP contribution in [0.2, 0.25) is 0 Å². The van der Waals surface area contributed by atoms with Crippen LogP contribution in [-0.2, 0) is 20.6 Å². The number of hydrogen-bond acceptors (Lipinski definition) is 7. The summed E-state index contributed by atoms with van der Waals surface area (Å²) in [6.45, 7) is 3.87. The van der Waals surface area contributed by atoms with Crippen molar-refractivity contribution < 1.29 is 23.0 Å². The van der Waals surface area contributed by atoms with Crippen molar-refractivity contribution in [3.05, 3.63) is 71.2 Å². The van der Waals surface area contributed by atoms with E-state index in [1.807, 2.05) is 19.9 Å². The summed E-state index contributed by atoms with van der Waals surface area (Å²) in [6.07, 6.45) is 2.94. The largest absolute Gasteiger partial charge is 0.462 e. The minimum atomic E-state index is -1.14. The van der Waals surface area contributed by atoms with Crippen LogP contribution in [-0.4, -0.2) is 29.7 Å². The van der Waals surface area contributed by atoms with Gasteiger partial charge in [0.15, 0.2) is 5.54 Å². The van der Waals surface area contributed by atoms with Crippen molar-refractivity contribution >= 4 is 6.02 Å². The molecule has 164 valence electrons. The van der Waals surface area contributed by atoms with Crippen molar-refractivity contribution in [3.8, 4) is 22.8 Å². The number of pyridine rings is 2. The second-order valence-electron chi connectivity index (χ2n) is 8.16. The van der Waals surface area contributed by atoms with Gasteiger partial charge in [-0.15, -0.1) is 0 Å². The maximum Gasteiger partial charge on any atom is 0.283 e. The Morgan fingerprint density at radius 2 is 1.94 bits per heavy atom. The number of fused-ring (bicyclic) bond motifs is 4. The number of rotatable bonds is 3. The number of methoxy groups -OCH3 is 1. The Morgan fingerprint density at radius 3 is 2.62 bits per heavy atom. The predicted octanol–water partition coefficient (Wildman–Crippen LogP) is 4.00. The van der Waals surface area contributed by atoms with Gasteiger partial charge in [0.05, 0.1) is 11.2 Å². The van der Waals surface area contributed by atoms with Crippen LogP contribution in [0.1, 0.15) is 30.5 Å². The van der Waals surface area contributed by atoms with Gasteiger partial charge in [0.1, 0.15) is 18.2 Å². The van der Waals surface area contributed by atoms with Crippen LogP contribution >= 0.6 is 0 Å². The fraction of sp³-hybridized carbons (Fsp3) is 0.261. The third-order valence-electron chi connectivity index (χ3n) is 6.00. The standard InChI is InChI=1S/C23H20F2N4O3/c1-22(2,30-3)12-7-16-20(28-10-12)32-18-9-17(24)14(13-5-4-6-27-19(13)25)8-15(18)23(16)11-31-21(26)29-23/h4-10H,11H2,1-3H3,(H2,26,29). The van der Waals surface area contributed by atoms with Gasteiger partial charge in [-0.1, -0.05) is 0 Å². The average molecular weight is 438 g/mol. The number of aliphatic imine (C=N–C) groups is 1. The van der Waals surface area contributed by atoms with Crippen LogP contribution in [0, 0.1) is 11.8 Å². The Morgan fingerprint density at radius 1 is 1.12 bits per heavy atom. The molecular formula is C23H20F2N4O3. The molecule has 0 fully saturated rings. The van der Waals surface area contributed by atoms with E-state index in [9.17, 15) is 4.39 Å². The van der Waals surface area contributed by atoms with Crippen LogP contribution < -0.4 is 10.5 Å². The molecule has 7 nitrogen and oxygen atoms in total. The smallest absolute Gasteiger partial charge is 0.283 e. The lowest BCUT2D eigenvalue weighted by atomic mass is 9.80. The van der Waals surface area contributed by atoms with Gasteiger partial charge >= 0.3 is 0 Å². The van der Waals surface area contributed by atoms with E-state index in [4.69, 9.17) is 19.9 Å². The molecule has 0 bridgehead atoms. The number of nitrogens with zero attached hydrogens (tertiary/aromatic N) is 3. The zero-order chi connectivity index (χ0) is 22.7. The maximum atomic E-state index is 15.0. The normalized spacial score (nSPS) is 19.1. The van der Waals surface area contributed by atoms with E-state index in [0.717, 1.165) is 5.56 Å². The molecule has 0 aliphatic carbocycles. The highest BCUT2D eigenvalue weighted by molar-refractivity contribution is 5.77. The molecule has 2 N–H and O–H groups in total. The maximum absolute atomic E-state index is 15.0. The number of ether oxygens (including phenoxy) is 3. The van der Waals surface area contributed by atoms with E-state index in [2.05, 4.69) is 15.0 Å².